The highest BCUT2D eigenvalue weighted by atomic mass is 32.2. The van der Waals surface area contributed by atoms with E-state index in [1.54, 1.807) is 25.3 Å². The van der Waals surface area contributed by atoms with Crippen molar-refractivity contribution in [3.05, 3.63) is 42.9 Å². The van der Waals surface area contributed by atoms with Gasteiger partial charge in [0.05, 0.1) is 16.1 Å². The Labute approximate surface area is 145 Å². The summed E-state index contributed by atoms with van der Waals surface area (Å²) in [5, 5.41) is 0.232. The molecule has 0 saturated heterocycles. The van der Waals surface area contributed by atoms with Crippen molar-refractivity contribution < 1.29 is 16.8 Å². The summed E-state index contributed by atoms with van der Waals surface area (Å²) in [5.41, 5.74) is 0.442. The van der Waals surface area contributed by atoms with Crippen LogP contribution in [-0.2, 0) is 26.4 Å². The van der Waals surface area contributed by atoms with Gasteiger partial charge in [0, 0.05) is 36.8 Å². The van der Waals surface area contributed by atoms with Crippen molar-refractivity contribution in [2.45, 2.75) is 23.5 Å². The number of anilines is 1. The quantitative estimate of drug-likeness (QED) is 0.720. The van der Waals surface area contributed by atoms with Crippen LogP contribution in [0.15, 0.2) is 52.9 Å². The number of pyridine rings is 1. The third kappa shape index (κ3) is 3.22. The second-order valence-corrected chi connectivity index (χ2v) is 8.94. The second-order valence-electron chi connectivity index (χ2n) is 5.38. The van der Waals surface area contributed by atoms with E-state index in [4.69, 9.17) is 0 Å². The molecule has 2 aromatic heterocycles. The van der Waals surface area contributed by atoms with Gasteiger partial charge >= 0.3 is 0 Å². The van der Waals surface area contributed by atoms with Gasteiger partial charge in [-0.1, -0.05) is 0 Å². The number of sulfonamides is 1. The molecule has 0 aliphatic heterocycles. The average Bonchev–Trinajstić information content (AvgIpc) is 3.03. The molecule has 25 heavy (non-hydrogen) atoms. The Kier molecular flexibility index (Phi) is 4.25. The molecule has 3 rings (SSSR count). The smallest absolute Gasteiger partial charge is 0.295 e. The standard InChI is InChI=1S/C15H16N4O4S2/c1-3-19-10-9-17-15(19)25(22,23)18-12-6-7-13(24(2,20)21)11-5-4-8-16-14(11)12/h4-10,18H,3H2,1-2H3. The van der Waals surface area contributed by atoms with Gasteiger partial charge < -0.3 is 4.57 Å². The fraction of sp³-hybridized carbons (Fsp3) is 0.200. The third-order valence-electron chi connectivity index (χ3n) is 3.63. The van der Waals surface area contributed by atoms with E-state index in [9.17, 15) is 16.8 Å². The van der Waals surface area contributed by atoms with Crippen molar-refractivity contribution in [1.29, 1.82) is 0 Å². The molecule has 10 heteroatoms. The molecule has 0 radical (unpaired) electrons. The number of fused-ring (bicyclic) bond motifs is 1. The Hall–Kier alpha value is -2.46. The van der Waals surface area contributed by atoms with Crippen LogP contribution in [0.25, 0.3) is 10.9 Å². The predicted octanol–water partition coefficient (Wildman–Crippen LogP) is 1.66. The summed E-state index contributed by atoms with van der Waals surface area (Å²) >= 11 is 0. The number of hydrogen-bond acceptors (Lipinski definition) is 6. The summed E-state index contributed by atoms with van der Waals surface area (Å²) in [6, 6.07) is 5.94. The second kappa shape index (κ2) is 6.12. The molecule has 0 saturated carbocycles. The lowest BCUT2D eigenvalue weighted by Crippen LogP contribution is -2.18. The fourth-order valence-electron chi connectivity index (χ4n) is 2.52. The van der Waals surface area contributed by atoms with E-state index in [0.717, 1.165) is 6.26 Å². The molecule has 0 bridgehead atoms. The average molecular weight is 380 g/mol. The number of imidazole rings is 1. The monoisotopic (exact) mass is 380 g/mol. The summed E-state index contributed by atoms with van der Waals surface area (Å²) in [7, 11) is -7.42. The first kappa shape index (κ1) is 17.4. The fourth-order valence-corrected chi connectivity index (χ4v) is 4.65. The van der Waals surface area contributed by atoms with Crippen LogP contribution in [0, 0.1) is 0 Å². The molecule has 0 spiro atoms. The highest BCUT2D eigenvalue weighted by molar-refractivity contribution is 7.92. The Morgan fingerprint density at radius 1 is 1.08 bits per heavy atom. The van der Waals surface area contributed by atoms with Gasteiger partial charge in [-0.2, -0.15) is 8.42 Å². The van der Waals surface area contributed by atoms with Crippen molar-refractivity contribution >= 4 is 36.5 Å². The van der Waals surface area contributed by atoms with Crippen molar-refractivity contribution in [3.8, 4) is 0 Å². The minimum absolute atomic E-state index is 0.0913. The van der Waals surface area contributed by atoms with Gasteiger partial charge in [0.2, 0.25) is 5.16 Å². The summed E-state index contributed by atoms with van der Waals surface area (Å²) in [6.07, 6.45) is 5.54. The number of hydrogen-bond donors (Lipinski definition) is 1. The van der Waals surface area contributed by atoms with Crippen molar-refractivity contribution in [2.75, 3.05) is 11.0 Å². The summed E-state index contributed by atoms with van der Waals surface area (Å²) in [6.45, 7) is 2.25. The molecule has 1 N–H and O–H groups in total. The number of aromatic nitrogens is 3. The molecular formula is C15H16N4O4S2. The first-order chi connectivity index (χ1) is 11.7. The zero-order chi connectivity index (χ0) is 18.2. The predicted molar refractivity (Wildman–Crippen MR) is 93.6 cm³/mol. The lowest BCUT2D eigenvalue weighted by molar-refractivity contribution is 0.574. The molecule has 0 amide bonds. The van der Waals surface area contributed by atoms with Crippen LogP contribution in [-0.4, -0.2) is 37.6 Å². The van der Waals surface area contributed by atoms with E-state index >= 15 is 0 Å². The lowest BCUT2D eigenvalue weighted by Gasteiger charge is -2.12. The zero-order valence-corrected chi connectivity index (χ0v) is 15.2. The SMILES string of the molecule is CCn1ccnc1S(=O)(=O)Nc1ccc(S(C)(=O)=O)c2cccnc12. The normalized spacial score (nSPS) is 12.4. The highest BCUT2D eigenvalue weighted by Gasteiger charge is 2.22. The molecule has 0 aliphatic rings. The molecule has 0 unspecified atom stereocenters. The van der Waals surface area contributed by atoms with Gasteiger partial charge in [0.25, 0.3) is 10.0 Å². The van der Waals surface area contributed by atoms with E-state index < -0.39 is 19.9 Å². The van der Waals surface area contributed by atoms with Gasteiger partial charge in [-0.3, -0.25) is 9.71 Å². The van der Waals surface area contributed by atoms with Crippen molar-refractivity contribution in [1.82, 2.24) is 14.5 Å². The van der Waals surface area contributed by atoms with E-state index in [2.05, 4.69) is 14.7 Å². The van der Waals surface area contributed by atoms with E-state index in [0.29, 0.717) is 11.9 Å². The maximum atomic E-state index is 12.6. The first-order valence-corrected chi connectivity index (χ1v) is 10.7. The molecule has 2 heterocycles. The van der Waals surface area contributed by atoms with Gasteiger partial charge in [-0.25, -0.2) is 13.4 Å². The highest BCUT2D eigenvalue weighted by Crippen LogP contribution is 2.29. The summed E-state index contributed by atoms with van der Waals surface area (Å²) < 4.78 is 53.1. The van der Waals surface area contributed by atoms with E-state index in [1.165, 1.54) is 29.1 Å². The lowest BCUT2D eigenvalue weighted by atomic mass is 10.2. The Bertz CT molecular complexity index is 1150. The Morgan fingerprint density at radius 3 is 2.52 bits per heavy atom. The maximum absolute atomic E-state index is 12.6. The van der Waals surface area contributed by atoms with Gasteiger partial charge in [0.15, 0.2) is 9.84 Å². The Balaban J connectivity index is 2.15. The first-order valence-electron chi connectivity index (χ1n) is 7.36. The molecule has 0 aliphatic carbocycles. The topological polar surface area (TPSA) is 111 Å². The third-order valence-corrected chi connectivity index (χ3v) is 6.10. The van der Waals surface area contributed by atoms with Gasteiger partial charge in [-0.15, -0.1) is 0 Å². The van der Waals surface area contributed by atoms with Crippen LogP contribution in [0.5, 0.6) is 0 Å². The number of aryl methyl sites for hydroxylation is 1. The summed E-state index contributed by atoms with van der Waals surface area (Å²) in [4.78, 5) is 8.12. The zero-order valence-electron chi connectivity index (χ0n) is 13.5. The maximum Gasteiger partial charge on any atom is 0.295 e. The van der Waals surface area contributed by atoms with Crippen LogP contribution >= 0.6 is 0 Å². The largest absolute Gasteiger partial charge is 0.321 e. The van der Waals surface area contributed by atoms with Crippen LogP contribution in [0.4, 0.5) is 5.69 Å². The van der Waals surface area contributed by atoms with Gasteiger partial charge in [0.1, 0.15) is 0 Å². The Morgan fingerprint density at radius 2 is 1.84 bits per heavy atom. The van der Waals surface area contributed by atoms with Crippen LogP contribution in [0.2, 0.25) is 0 Å². The molecule has 132 valence electrons. The molecular weight excluding hydrogens is 364 g/mol. The summed E-state index contributed by atoms with van der Waals surface area (Å²) in [5.74, 6) is 0. The number of nitrogens with zero attached hydrogens (tertiary/aromatic N) is 3. The number of benzene rings is 1. The molecule has 8 nitrogen and oxygen atoms in total. The van der Waals surface area contributed by atoms with E-state index in [-0.39, 0.29) is 21.3 Å². The molecule has 1 aromatic carbocycles. The number of rotatable bonds is 5. The van der Waals surface area contributed by atoms with Crippen LogP contribution < -0.4 is 4.72 Å². The molecule has 0 atom stereocenters. The van der Waals surface area contributed by atoms with Crippen molar-refractivity contribution in [3.63, 3.8) is 0 Å². The van der Waals surface area contributed by atoms with Crippen molar-refractivity contribution in [2.24, 2.45) is 0 Å². The minimum atomic E-state index is -3.94. The molecule has 0 fully saturated rings. The minimum Gasteiger partial charge on any atom is -0.321 e. The van der Waals surface area contributed by atoms with Crippen LogP contribution in [0.3, 0.4) is 0 Å². The van der Waals surface area contributed by atoms with E-state index in [1.807, 2.05) is 0 Å². The molecule has 3 aromatic rings. The van der Waals surface area contributed by atoms with Crippen LogP contribution in [0.1, 0.15) is 6.92 Å². The number of sulfone groups is 1. The van der Waals surface area contributed by atoms with Gasteiger partial charge in [-0.05, 0) is 31.2 Å². The number of nitrogens with one attached hydrogen (secondary N) is 1.